The lowest BCUT2D eigenvalue weighted by Crippen LogP contribution is -2.57. The molecule has 1 unspecified atom stereocenters. The van der Waals surface area contributed by atoms with Crippen LogP contribution in [0.5, 0.6) is 0 Å². The highest BCUT2D eigenvalue weighted by Gasteiger charge is 2.34. The molecule has 1 N–H and O–H groups in total. The SMILES string of the molecule is N#Cc1coc(Sc2ccc(C(=O)NC3CN4CCC3CC4)cc2)c1. The smallest absolute Gasteiger partial charge is 0.251 e. The van der Waals surface area contributed by atoms with Gasteiger partial charge in [0.2, 0.25) is 0 Å². The molecular weight excluding hydrogens is 334 g/mol. The minimum Gasteiger partial charge on any atom is -0.456 e. The molecule has 3 fully saturated rings. The van der Waals surface area contributed by atoms with Gasteiger partial charge in [-0.2, -0.15) is 5.26 Å². The van der Waals surface area contributed by atoms with Gasteiger partial charge in [-0.15, -0.1) is 0 Å². The van der Waals surface area contributed by atoms with Gasteiger partial charge in [-0.25, -0.2) is 0 Å². The topological polar surface area (TPSA) is 69.3 Å². The normalized spacial score (nSPS) is 24.7. The first kappa shape index (κ1) is 16.2. The van der Waals surface area contributed by atoms with E-state index < -0.39 is 0 Å². The summed E-state index contributed by atoms with van der Waals surface area (Å²) < 4.78 is 5.32. The molecule has 25 heavy (non-hydrogen) atoms. The zero-order valence-electron chi connectivity index (χ0n) is 13.8. The lowest BCUT2D eigenvalue weighted by atomic mass is 9.84. The lowest BCUT2D eigenvalue weighted by molar-refractivity contribution is 0.0620. The van der Waals surface area contributed by atoms with Crippen molar-refractivity contribution in [2.75, 3.05) is 19.6 Å². The highest BCUT2D eigenvalue weighted by atomic mass is 32.2. The van der Waals surface area contributed by atoms with Crippen LogP contribution in [0.3, 0.4) is 0 Å². The molecule has 1 aromatic carbocycles. The number of rotatable bonds is 4. The molecule has 0 spiro atoms. The molecule has 5 rings (SSSR count). The largest absolute Gasteiger partial charge is 0.456 e. The van der Waals surface area contributed by atoms with E-state index in [1.165, 1.54) is 44.0 Å². The summed E-state index contributed by atoms with van der Waals surface area (Å²) in [6, 6.07) is 11.5. The van der Waals surface area contributed by atoms with Gasteiger partial charge >= 0.3 is 0 Å². The monoisotopic (exact) mass is 353 g/mol. The third-order valence-corrected chi connectivity index (χ3v) is 5.94. The molecule has 1 amide bonds. The summed E-state index contributed by atoms with van der Waals surface area (Å²) in [7, 11) is 0. The predicted octanol–water partition coefficient (Wildman–Crippen LogP) is 3.13. The van der Waals surface area contributed by atoms with E-state index in [1.807, 2.05) is 30.3 Å². The Labute approximate surface area is 151 Å². The third kappa shape index (κ3) is 3.58. The van der Waals surface area contributed by atoms with E-state index in [9.17, 15) is 4.79 Å². The van der Waals surface area contributed by atoms with Gasteiger partial charge in [0.1, 0.15) is 12.3 Å². The fourth-order valence-corrected chi connectivity index (χ4v) is 4.39. The van der Waals surface area contributed by atoms with Crippen LogP contribution in [0.25, 0.3) is 0 Å². The molecule has 4 heterocycles. The van der Waals surface area contributed by atoms with E-state index in [4.69, 9.17) is 9.68 Å². The Morgan fingerprint density at radius 3 is 2.64 bits per heavy atom. The maximum absolute atomic E-state index is 12.5. The van der Waals surface area contributed by atoms with E-state index in [2.05, 4.69) is 10.2 Å². The van der Waals surface area contributed by atoms with Crippen molar-refractivity contribution < 1.29 is 9.21 Å². The zero-order valence-corrected chi connectivity index (χ0v) is 14.6. The molecule has 3 saturated heterocycles. The number of carbonyl (C=O) groups excluding carboxylic acids is 1. The fraction of sp³-hybridized carbons (Fsp3) is 0.368. The van der Waals surface area contributed by atoms with Crippen LogP contribution >= 0.6 is 11.8 Å². The highest BCUT2D eigenvalue weighted by Crippen LogP contribution is 2.30. The summed E-state index contributed by atoms with van der Waals surface area (Å²) in [4.78, 5) is 15.9. The Morgan fingerprint density at radius 1 is 1.28 bits per heavy atom. The summed E-state index contributed by atoms with van der Waals surface area (Å²) in [6.45, 7) is 3.32. The molecule has 2 aromatic rings. The average molecular weight is 353 g/mol. The van der Waals surface area contributed by atoms with Gasteiger partial charge in [0.25, 0.3) is 5.91 Å². The van der Waals surface area contributed by atoms with Gasteiger partial charge in [-0.1, -0.05) is 11.8 Å². The number of nitriles is 1. The molecule has 0 radical (unpaired) electrons. The van der Waals surface area contributed by atoms with E-state index in [1.54, 1.807) is 6.07 Å². The number of furan rings is 1. The number of piperidine rings is 3. The average Bonchev–Trinajstić information content (AvgIpc) is 3.11. The molecule has 5 nitrogen and oxygen atoms in total. The van der Waals surface area contributed by atoms with Gasteiger partial charge in [0, 0.05) is 29.1 Å². The summed E-state index contributed by atoms with van der Waals surface area (Å²) in [5.41, 5.74) is 1.19. The first-order valence-corrected chi connectivity index (χ1v) is 9.33. The minimum absolute atomic E-state index is 0.0000605. The Bertz CT molecular complexity index is 801. The Kier molecular flexibility index (Phi) is 4.51. The van der Waals surface area contributed by atoms with Gasteiger partial charge < -0.3 is 14.6 Å². The molecule has 2 bridgehead atoms. The maximum Gasteiger partial charge on any atom is 0.251 e. The third-order valence-electron chi connectivity index (χ3n) is 5.01. The van der Waals surface area contributed by atoms with Crippen LogP contribution < -0.4 is 5.32 Å². The van der Waals surface area contributed by atoms with Crippen molar-refractivity contribution in [3.8, 4) is 6.07 Å². The summed E-state index contributed by atoms with van der Waals surface area (Å²) >= 11 is 1.43. The molecule has 0 saturated carbocycles. The number of nitrogens with one attached hydrogen (secondary N) is 1. The summed E-state index contributed by atoms with van der Waals surface area (Å²) in [6.07, 6.45) is 3.82. The maximum atomic E-state index is 12.5. The first-order valence-electron chi connectivity index (χ1n) is 8.51. The molecule has 1 atom stereocenters. The van der Waals surface area contributed by atoms with Crippen molar-refractivity contribution in [2.45, 2.75) is 28.9 Å². The van der Waals surface area contributed by atoms with E-state index in [-0.39, 0.29) is 11.9 Å². The van der Waals surface area contributed by atoms with Crippen LogP contribution in [-0.2, 0) is 0 Å². The highest BCUT2D eigenvalue weighted by molar-refractivity contribution is 7.99. The summed E-state index contributed by atoms with van der Waals surface area (Å²) in [5, 5.41) is 12.7. The number of hydrogen-bond acceptors (Lipinski definition) is 5. The Balaban J connectivity index is 1.38. The molecule has 3 aliphatic rings. The van der Waals surface area contributed by atoms with E-state index >= 15 is 0 Å². The fourth-order valence-electron chi connectivity index (χ4n) is 3.60. The molecular formula is C19H19N3O2S. The number of carbonyl (C=O) groups is 1. The number of hydrogen-bond donors (Lipinski definition) is 1. The minimum atomic E-state index is 0.0000605. The van der Waals surface area contributed by atoms with Gasteiger partial charge in [-0.3, -0.25) is 4.79 Å². The standard InChI is InChI=1S/C19H19N3O2S/c20-10-13-9-18(24-12-13)25-16-3-1-15(2-4-16)19(23)21-17-11-22-7-5-14(17)6-8-22/h1-4,9,12,14,17H,5-8,11H2,(H,21,23). The van der Waals surface area contributed by atoms with Crippen LogP contribution in [0, 0.1) is 17.2 Å². The lowest BCUT2D eigenvalue weighted by Gasteiger charge is -2.44. The van der Waals surface area contributed by atoms with Crippen LogP contribution in [-0.4, -0.2) is 36.5 Å². The van der Waals surface area contributed by atoms with Gasteiger partial charge in [0.15, 0.2) is 5.09 Å². The second-order valence-electron chi connectivity index (χ2n) is 6.61. The van der Waals surface area contributed by atoms with Crippen LogP contribution in [0.2, 0.25) is 0 Å². The number of fused-ring (bicyclic) bond motifs is 3. The quantitative estimate of drug-likeness (QED) is 0.914. The van der Waals surface area contributed by atoms with Crippen molar-refractivity contribution >= 4 is 17.7 Å². The first-order chi connectivity index (χ1) is 12.2. The van der Waals surface area contributed by atoms with Crippen LogP contribution in [0.4, 0.5) is 0 Å². The molecule has 128 valence electrons. The van der Waals surface area contributed by atoms with Crippen molar-refractivity contribution in [3.63, 3.8) is 0 Å². The van der Waals surface area contributed by atoms with E-state index in [0.717, 1.165) is 11.4 Å². The van der Waals surface area contributed by atoms with Gasteiger partial charge in [0.05, 0.1) is 5.56 Å². The van der Waals surface area contributed by atoms with Crippen molar-refractivity contribution in [3.05, 3.63) is 47.7 Å². The second kappa shape index (κ2) is 6.95. The molecule has 1 aromatic heterocycles. The number of amides is 1. The van der Waals surface area contributed by atoms with Crippen molar-refractivity contribution in [1.29, 1.82) is 5.26 Å². The van der Waals surface area contributed by atoms with Crippen molar-refractivity contribution in [1.82, 2.24) is 10.2 Å². The zero-order chi connectivity index (χ0) is 17.2. The van der Waals surface area contributed by atoms with Gasteiger partial charge in [-0.05, 0) is 56.1 Å². The van der Waals surface area contributed by atoms with E-state index in [0.29, 0.717) is 22.1 Å². The van der Waals surface area contributed by atoms with Crippen molar-refractivity contribution in [2.24, 2.45) is 5.92 Å². The molecule has 0 aliphatic carbocycles. The Morgan fingerprint density at radius 2 is 2.04 bits per heavy atom. The Hall–Kier alpha value is -2.23. The predicted molar refractivity (Wildman–Crippen MR) is 94.4 cm³/mol. The number of benzene rings is 1. The summed E-state index contributed by atoms with van der Waals surface area (Å²) in [5.74, 6) is 0.622. The number of nitrogens with zero attached hydrogens (tertiary/aromatic N) is 2. The van der Waals surface area contributed by atoms with Crippen LogP contribution in [0.1, 0.15) is 28.8 Å². The molecule has 3 aliphatic heterocycles. The molecule has 6 heteroatoms. The second-order valence-corrected chi connectivity index (χ2v) is 7.69. The van der Waals surface area contributed by atoms with Crippen LogP contribution in [0.15, 0.2) is 51.0 Å².